The van der Waals surface area contributed by atoms with Crippen molar-refractivity contribution in [3.05, 3.63) is 0 Å². The topological polar surface area (TPSA) is 92.9 Å². The van der Waals surface area contributed by atoms with Gasteiger partial charge in [-0.05, 0) is 6.42 Å². The second kappa shape index (κ2) is 4.88. The van der Waals surface area contributed by atoms with E-state index in [1.54, 1.807) is 0 Å². The van der Waals surface area contributed by atoms with Gasteiger partial charge in [-0.1, -0.05) is 0 Å². The zero-order chi connectivity index (χ0) is 15.1. The number of aliphatic carboxylic acids is 1. The number of hydrogen-bond acceptors (Lipinski definition) is 4. The van der Waals surface area contributed by atoms with Crippen LogP contribution in [-0.2, 0) is 14.3 Å². The van der Waals surface area contributed by atoms with E-state index >= 15 is 0 Å². The molecule has 2 fully saturated rings. The van der Waals surface area contributed by atoms with E-state index < -0.39 is 48.4 Å². The molecule has 20 heavy (non-hydrogen) atoms. The molecule has 2 rings (SSSR count). The van der Waals surface area contributed by atoms with Crippen molar-refractivity contribution in [2.24, 2.45) is 17.1 Å². The highest BCUT2D eigenvalue weighted by atomic mass is 19.4. The van der Waals surface area contributed by atoms with Crippen LogP contribution in [0.4, 0.5) is 13.2 Å². The van der Waals surface area contributed by atoms with Crippen molar-refractivity contribution in [2.75, 3.05) is 26.3 Å². The fourth-order valence-corrected chi connectivity index (χ4v) is 2.58. The summed E-state index contributed by atoms with van der Waals surface area (Å²) in [5.74, 6) is -3.22. The number of ether oxygens (including phenoxy) is 1. The number of hydrogen-bond donors (Lipinski definition) is 2. The fraction of sp³-hybridized carbons (Fsp3) is 0.818. The molecule has 114 valence electrons. The predicted molar refractivity (Wildman–Crippen MR) is 59.6 cm³/mol. The maximum atomic E-state index is 13.0. The number of alkyl halides is 3. The van der Waals surface area contributed by atoms with Gasteiger partial charge in [-0.2, -0.15) is 13.2 Å². The molecule has 3 unspecified atom stereocenters. The van der Waals surface area contributed by atoms with E-state index in [2.05, 4.69) is 0 Å². The minimum Gasteiger partial charge on any atom is -0.481 e. The molecule has 0 aromatic carbocycles. The molecule has 2 heterocycles. The van der Waals surface area contributed by atoms with Crippen molar-refractivity contribution in [1.29, 1.82) is 0 Å². The Balaban J connectivity index is 2.15. The molecule has 0 aliphatic carbocycles. The van der Waals surface area contributed by atoms with Crippen LogP contribution in [0.1, 0.15) is 6.42 Å². The van der Waals surface area contributed by atoms with Crippen LogP contribution < -0.4 is 5.73 Å². The third-order valence-corrected chi connectivity index (χ3v) is 3.97. The first-order valence-corrected chi connectivity index (χ1v) is 6.11. The quantitative estimate of drug-likeness (QED) is 0.738. The number of carboxylic acid groups (broad SMARTS) is 1. The van der Waals surface area contributed by atoms with Gasteiger partial charge < -0.3 is 20.5 Å². The molecule has 2 aliphatic rings. The second-order valence-electron chi connectivity index (χ2n) is 5.20. The predicted octanol–water partition coefficient (Wildman–Crippen LogP) is -0.174. The van der Waals surface area contributed by atoms with Gasteiger partial charge in [0, 0.05) is 19.1 Å². The maximum absolute atomic E-state index is 13.0. The van der Waals surface area contributed by atoms with Crippen LogP contribution in [0.2, 0.25) is 0 Å². The van der Waals surface area contributed by atoms with E-state index in [1.165, 1.54) is 0 Å². The van der Waals surface area contributed by atoms with E-state index in [0.29, 0.717) is 0 Å². The largest absolute Gasteiger partial charge is 0.481 e. The molecule has 0 aromatic heterocycles. The number of likely N-dealkylation sites (tertiary alicyclic amines) is 1. The molecule has 0 bridgehead atoms. The van der Waals surface area contributed by atoms with Crippen molar-refractivity contribution >= 4 is 11.9 Å². The molecule has 0 spiro atoms. The van der Waals surface area contributed by atoms with Crippen molar-refractivity contribution in [1.82, 2.24) is 4.90 Å². The molecule has 2 saturated heterocycles. The summed E-state index contributed by atoms with van der Waals surface area (Å²) in [6, 6.07) is -0.562. The van der Waals surface area contributed by atoms with Gasteiger partial charge >= 0.3 is 12.1 Å². The van der Waals surface area contributed by atoms with Gasteiger partial charge in [-0.3, -0.25) is 9.59 Å². The maximum Gasteiger partial charge on any atom is 0.406 e. The van der Waals surface area contributed by atoms with Crippen LogP contribution in [0, 0.1) is 11.3 Å². The number of halogens is 3. The van der Waals surface area contributed by atoms with Crippen LogP contribution in [0.15, 0.2) is 0 Å². The Morgan fingerprint density at radius 3 is 2.40 bits per heavy atom. The molecule has 0 aromatic rings. The molecule has 0 radical (unpaired) electrons. The third-order valence-electron chi connectivity index (χ3n) is 3.97. The Hall–Kier alpha value is -1.35. The van der Waals surface area contributed by atoms with Gasteiger partial charge in [0.05, 0.1) is 19.1 Å². The number of nitrogens with two attached hydrogens (primary N) is 1. The van der Waals surface area contributed by atoms with E-state index in [0.717, 1.165) is 4.90 Å². The molecule has 9 heteroatoms. The van der Waals surface area contributed by atoms with E-state index in [1.807, 2.05) is 0 Å². The van der Waals surface area contributed by atoms with E-state index in [-0.39, 0.29) is 19.8 Å². The van der Waals surface area contributed by atoms with Gasteiger partial charge in [-0.25, -0.2) is 0 Å². The lowest BCUT2D eigenvalue weighted by molar-refractivity contribution is -0.227. The zero-order valence-electron chi connectivity index (χ0n) is 10.5. The number of carboxylic acids is 1. The Morgan fingerprint density at radius 1 is 1.35 bits per heavy atom. The summed E-state index contributed by atoms with van der Waals surface area (Å²) >= 11 is 0. The third kappa shape index (κ3) is 2.24. The first kappa shape index (κ1) is 15.0. The lowest BCUT2D eigenvalue weighted by Crippen LogP contribution is -2.49. The van der Waals surface area contributed by atoms with E-state index in [9.17, 15) is 22.8 Å². The van der Waals surface area contributed by atoms with Crippen molar-refractivity contribution in [3.8, 4) is 0 Å². The van der Waals surface area contributed by atoms with Crippen molar-refractivity contribution in [3.63, 3.8) is 0 Å². The number of rotatable bonds is 2. The highest BCUT2D eigenvalue weighted by Gasteiger charge is 2.64. The molecule has 2 aliphatic heterocycles. The zero-order valence-corrected chi connectivity index (χ0v) is 10.5. The SMILES string of the molecule is NC1COCC1C(=O)N1CCC(C(=O)O)(C(F)(F)F)C1. The summed E-state index contributed by atoms with van der Waals surface area (Å²) < 4.78 is 44.0. The van der Waals surface area contributed by atoms with E-state index in [4.69, 9.17) is 15.6 Å². The van der Waals surface area contributed by atoms with Crippen molar-refractivity contribution in [2.45, 2.75) is 18.6 Å². The highest BCUT2D eigenvalue weighted by molar-refractivity contribution is 5.83. The first-order chi connectivity index (χ1) is 9.19. The molecule has 0 saturated carbocycles. The normalized spacial score (nSPS) is 34.5. The second-order valence-corrected chi connectivity index (χ2v) is 5.20. The highest BCUT2D eigenvalue weighted by Crippen LogP contribution is 2.46. The Labute approximate surface area is 112 Å². The number of carbonyl (C=O) groups is 2. The summed E-state index contributed by atoms with van der Waals surface area (Å²) in [4.78, 5) is 24.0. The number of amides is 1. The minimum absolute atomic E-state index is 0.0581. The van der Waals surface area contributed by atoms with Gasteiger partial charge in [0.2, 0.25) is 5.91 Å². The Kier molecular flexibility index (Phi) is 3.67. The summed E-state index contributed by atoms with van der Waals surface area (Å²) in [7, 11) is 0. The smallest absolute Gasteiger partial charge is 0.406 e. The van der Waals surface area contributed by atoms with Crippen LogP contribution in [0.5, 0.6) is 0 Å². The lowest BCUT2D eigenvalue weighted by Gasteiger charge is -2.28. The monoisotopic (exact) mass is 296 g/mol. The lowest BCUT2D eigenvalue weighted by atomic mass is 9.86. The first-order valence-electron chi connectivity index (χ1n) is 6.11. The Bertz CT molecular complexity index is 428. The van der Waals surface area contributed by atoms with Gasteiger partial charge in [0.1, 0.15) is 0 Å². The molecule has 3 atom stereocenters. The molecule has 3 N–H and O–H groups in total. The number of nitrogens with zero attached hydrogens (tertiary/aromatic N) is 1. The average molecular weight is 296 g/mol. The van der Waals surface area contributed by atoms with Crippen LogP contribution in [0.3, 0.4) is 0 Å². The molecule has 6 nitrogen and oxygen atoms in total. The van der Waals surface area contributed by atoms with Crippen LogP contribution in [-0.4, -0.2) is 60.4 Å². The van der Waals surface area contributed by atoms with Gasteiger partial charge in [0.15, 0.2) is 5.41 Å². The number of carbonyl (C=O) groups excluding carboxylic acids is 1. The summed E-state index contributed by atoms with van der Waals surface area (Å²) in [5, 5.41) is 8.91. The minimum atomic E-state index is -4.90. The Morgan fingerprint density at radius 2 is 2.00 bits per heavy atom. The standard InChI is InChI=1S/C11H15F3N2O4/c12-11(13,14)10(9(18)19)1-2-16(5-10)8(17)6-3-20-4-7(6)15/h6-7H,1-5,15H2,(H,18,19). The molecular weight excluding hydrogens is 281 g/mol. The van der Waals surface area contributed by atoms with Gasteiger partial charge in [0.25, 0.3) is 0 Å². The van der Waals surface area contributed by atoms with Crippen LogP contribution in [0.25, 0.3) is 0 Å². The summed E-state index contributed by atoms with van der Waals surface area (Å²) in [6.45, 7) is -0.877. The molecular formula is C11H15F3N2O4. The van der Waals surface area contributed by atoms with Crippen molar-refractivity contribution < 1.29 is 32.6 Å². The summed E-state index contributed by atoms with van der Waals surface area (Å²) in [6.07, 6.45) is -5.54. The van der Waals surface area contributed by atoms with Gasteiger partial charge in [-0.15, -0.1) is 0 Å². The average Bonchev–Trinajstić information content (AvgIpc) is 2.93. The molecule has 1 amide bonds. The summed E-state index contributed by atoms with van der Waals surface area (Å²) in [5.41, 5.74) is 2.77. The van der Waals surface area contributed by atoms with Crippen LogP contribution >= 0.6 is 0 Å². The fourth-order valence-electron chi connectivity index (χ4n) is 2.58.